The molecule has 0 aliphatic rings. The predicted octanol–water partition coefficient (Wildman–Crippen LogP) is 2.79. The first-order valence-electron chi connectivity index (χ1n) is 7.09. The van der Waals surface area contributed by atoms with Crippen LogP contribution in [0.1, 0.15) is 21.9 Å². The summed E-state index contributed by atoms with van der Waals surface area (Å²) < 4.78 is 12.2. The highest BCUT2D eigenvalue weighted by atomic mass is 16.6. The Balaban J connectivity index is 1.64. The van der Waals surface area contributed by atoms with Gasteiger partial charge in [0.15, 0.2) is 0 Å². The third-order valence-electron chi connectivity index (χ3n) is 3.29. The first-order valence-corrected chi connectivity index (χ1v) is 7.09. The fourth-order valence-electron chi connectivity index (χ4n) is 2.15. The normalized spacial score (nSPS) is 10.5. The molecule has 0 radical (unpaired) electrons. The molecule has 0 aliphatic heterocycles. The molecular weight excluding hydrogens is 314 g/mol. The van der Waals surface area contributed by atoms with Gasteiger partial charge in [-0.3, -0.25) is 14.8 Å². The van der Waals surface area contributed by atoms with Crippen LogP contribution in [0.15, 0.2) is 59.3 Å². The van der Waals surface area contributed by atoms with Gasteiger partial charge >= 0.3 is 5.97 Å². The van der Waals surface area contributed by atoms with Gasteiger partial charge in [0.2, 0.25) is 5.76 Å². The number of para-hydroxylation sites is 1. The highest BCUT2D eigenvalue weighted by Crippen LogP contribution is 2.19. The molecule has 0 amide bonds. The van der Waals surface area contributed by atoms with E-state index in [-0.39, 0.29) is 18.1 Å². The lowest BCUT2D eigenvalue weighted by Crippen LogP contribution is -2.06. The van der Waals surface area contributed by atoms with Crippen LogP contribution >= 0.6 is 0 Å². The summed E-state index contributed by atoms with van der Waals surface area (Å²) in [5.74, 6) is -0.0908. The summed E-state index contributed by atoms with van der Waals surface area (Å²) in [5, 5.41) is 15.0. The molecule has 0 N–H and O–H groups in total. The van der Waals surface area contributed by atoms with Crippen molar-refractivity contribution in [2.45, 2.75) is 13.2 Å². The standard InChI is InChI=1S/C16H13N3O5/c20-16(23-11-12-4-1-2-5-14(12)19(21)22)15-7-6-13(24-15)10-18-9-3-8-17-18/h1-9H,10-11H2. The molecule has 0 saturated carbocycles. The molecule has 3 aromatic rings. The predicted molar refractivity (Wildman–Crippen MR) is 82.3 cm³/mol. The van der Waals surface area contributed by atoms with Gasteiger partial charge in [-0.15, -0.1) is 0 Å². The van der Waals surface area contributed by atoms with E-state index in [0.29, 0.717) is 17.9 Å². The minimum atomic E-state index is -0.681. The van der Waals surface area contributed by atoms with Crippen molar-refractivity contribution in [3.05, 3.63) is 82.1 Å². The molecule has 1 aromatic carbocycles. The number of carbonyl (C=O) groups excluding carboxylic acids is 1. The maximum Gasteiger partial charge on any atom is 0.374 e. The molecule has 0 bridgehead atoms. The van der Waals surface area contributed by atoms with Gasteiger partial charge in [0, 0.05) is 18.5 Å². The summed E-state index contributed by atoms with van der Waals surface area (Å²) in [7, 11) is 0. The molecule has 0 aliphatic carbocycles. The second-order valence-electron chi connectivity index (χ2n) is 4.93. The Kier molecular flexibility index (Phi) is 4.37. The Morgan fingerprint density at radius 2 is 2.08 bits per heavy atom. The van der Waals surface area contributed by atoms with E-state index < -0.39 is 10.9 Å². The van der Waals surface area contributed by atoms with Gasteiger partial charge in [0.25, 0.3) is 5.69 Å². The third kappa shape index (κ3) is 3.49. The van der Waals surface area contributed by atoms with Crippen LogP contribution in [-0.2, 0) is 17.9 Å². The second-order valence-corrected chi connectivity index (χ2v) is 4.93. The number of ether oxygens (including phenoxy) is 1. The van der Waals surface area contributed by atoms with Crippen molar-refractivity contribution in [3.8, 4) is 0 Å². The highest BCUT2D eigenvalue weighted by molar-refractivity contribution is 5.86. The molecule has 0 unspecified atom stereocenters. The van der Waals surface area contributed by atoms with Crippen LogP contribution in [0.4, 0.5) is 5.69 Å². The van der Waals surface area contributed by atoms with Gasteiger partial charge < -0.3 is 9.15 Å². The van der Waals surface area contributed by atoms with Crippen molar-refractivity contribution in [2.75, 3.05) is 0 Å². The van der Waals surface area contributed by atoms with Crippen LogP contribution in [0.2, 0.25) is 0 Å². The minimum Gasteiger partial charge on any atom is -0.455 e. The Morgan fingerprint density at radius 3 is 2.83 bits per heavy atom. The molecule has 2 heterocycles. The topological polar surface area (TPSA) is 100 Å². The maximum atomic E-state index is 12.0. The van der Waals surface area contributed by atoms with Crippen molar-refractivity contribution in [1.29, 1.82) is 0 Å². The molecule has 3 rings (SSSR count). The highest BCUT2D eigenvalue weighted by Gasteiger charge is 2.17. The number of benzene rings is 1. The average molecular weight is 327 g/mol. The van der Waals surface area contributed by atoms with Crippen LogP contribution in [0.5, 0.6) is 0 Å². The number of rotatable bonds is 6. The number of furan rings is 1. The monoisotopic (exact) mass is 327 g/mol. The Hall–Kier alpha value is -3.42. The molecular formula is C16H13N3O5. The largest absolute Gasteiger partial charge is 0.455 e. The fraction of sp³-hybridized carbons (Fsp3) is 0.125. The summed E-state index contributed by atoms with van der Waals surface area (Å²) in [6, 6.07) is 11.0. The van der Waals surface area contributed by atoms with Gasteiger partial charge in [-0.2, -0.15) is 5.10 Å². The number of carbonyl (C=O) groups is 1. The van der Waals surface area contributed by atoms with E-state index in [4.69, 9.17) is 9.15 Å². The number of hydrogen-bond acceptors (Lipinski definition) is 6. The van der Waals surface area contributed by atoms with E-state index in [9.17, 15) is 14.9 Å². The van der Waals surface area contributed by atoms with Gasteiger partial charge in [-0.25, -0.2) is 4.79 Å². The summed E-state index contributed by atoms with van der Waals surface area (Å²) in [6.07, 6.45) is 3.42. The summed E-state index contributed by atoms with van der Waals surface area (Å²) in [5.41, 5.74) is 0.225. The fourth-order valence-corrected chi connectivity index (χ4v) is 2.15. The molecule has 0 fully saturated rings. The maximum absolute atomic E-state index is 12.0. The smallest absolute Gasteiger partial charge is 0.374 e. The Labute approximate surface area is 136 Å². The number of nitrogens with zero attached hydrogens (tertiary/aromatic N) is 3. The van der Waals surface area contributed by atoms with Crippen molar-refractivity contribution in [1.82, 2.24) is 9.78 Å². The number of esters is 1. The Bertz CT molecular complexity index is 854. The third-order valence-corrected chi connectivity index (χ3v) is 3.29. The van der Waals surface area contributed by atoms with Crippen LogP contribution < -0.4 is 0 Å². The van der Waals surface area contributed by atoms with E-state index in [0.717, 1.165) is 0 Å². The number of hydrogen-bond donors (Lipinski definition) is 0. The Morgan fingerprint density at radius 1 is 1.25 bits per heavy atom. The zero-order chi connectivity index (χ0) is 16.9. The second kappa shape index (κ2) is 6.78. The van der Waals surface area contributed by atoms with E-state index in [1.54, 1.807) is 41.3 Å². The van der Waals surface area contributed by atoms with Gasteiger partial charge in [0.1, 0.15) is 12.4 Å². The van der Waals surface area contributed by atoms with Gasteiger partial charge in [-0.1, -0.05) is 12.1 Å². The summed E-state index contributed by atoms with van der Waals surface area (Å²) in [4.78, 5) is 22.4. The molecule has 0 saturated heterocycles. The van der Waals surface area contributed by atoms with Crippen LogP contribution in [0, 0.1) is 10.1 Å². The van der Waals surface area contributed by atoms with E-state index in [2.05, 4.69) is 5.10 Å². The molecule has 8 heteroatoms. The number of aromatic nitrogens is 2. The average Bonchev–Trinajstić information content (AvgIpc) is 3.25. The SMILES string of the molecule is O=C(OCc1ccccc1[N+](=O)[O-])c1ccc(Cn2cccn2)o1. The minimum absolute atomic E-state index is 0.0377. The van der Waals surface area contributed by atoms with Crippen molar-refractivity contribution < 1.29 is 18.9 Å². The van der Waals surface area contributed by atoms with Crippen molar-refractivity contribution >= 4 is 11.7 Å². The molecule has 24 heavy (non-hydrogen) atoms. The lowest BCUT2D eigenvalue weighted by atomic mass is 10.2. The first-order chi connectivity index (χ1) is 11.6. The van der Waals surface area contributed by atoms with E-state index >= 15 is 0 Å². The molecule has 2 aromatic heterocycles. The number of nitro groups is 1. The van der Waals surface area contributed by atoms with Gasteiger partial charge in [0.05, 0.1) is 17.0 Å². The zero-order valence-corrected chi connectivity index (χ0v) is 12.5. The molecule has 8 nitrogen and oxygen atoms in total. The summed E-state index contributed by atoms with van der Waals surface area (Å²) in [6.45, 7) is 0.190. The van der Waals surface area contributed by atoms with E-state index in [1.165, 1.54) is 18.2 Å². The lowest BCUT2D eigenvalue weighted by molar-refractivity contribution is -0.385. The molecule has 122 valence electrons. The van der Waals surface area contributed by atoms with E-state index in [1.807, 2.05) is 0 Å². The zero-order valence-electron chi connectivity index (χ0n) is 12.5. The summed E-state index contributed by atoms with van der Waals surface area (Å²) >= 11 is 0. The van der Waals surface area contributed by atoms with Crippen molar-refractivity contribution in [3.63, 3.8) is 0 Å². The lowest BCUT2D eigenvalue weighted by Gasteiger charge is -2.04. The van der Waals surface area contributed by atoms with Crippen LogP contribution in [-0.4, -0.2) is 20.7 Å². The molecule has 0 spiro atoms. The quantitative estimate of drug-likeness (QED) is 0.392. The van der Waals surface area contributed by atoms with Crippen molar-refractivity contribution in [2.24, 2.45) is 0 Å². The molecule has 0 atom stereocenters. The first kappa shape index (κ1) is 15.5. The van der Waals surface area contributed by atoms with Crippen LogP contribution in [0.25, 0.3) is 0 Å². The van der Waals surface area contributed by atoms with Crippen LogP contribution in [0.3, 0.4) is 0 Å². The number of nitro benzene ring substituents is 1. The van der Waals surface area contributed by atoms with Gasteiger partial charge in [-0.05, 0) is 24.3 Å².